The van der Waals surface area contributed by atoms with Gasteiger partial charge >= 0.3 is 0 Å². The molecule has 1 heterocycles. The first kappa shape index (κ1) is 14.9. The molecule has 0 aliphatic carbocycles. The van der Waals surface area contributed by atoms with Gasteiger partial charge in [0.1, 0.15) is 0 Å². The molecular weight excluding hydrogens is 220 g/mol. The van der Waals surface area contributed by atoms with E-state index in [1.807, 2.05) is 18.3 Å². The molecule has 1 rings (SSSR count). The molecule has 0 fully saturated rings. The zero-order valence-electron chi connectivity index (χ0n) is 11.6. The molecule has 0 amide bonds. The van der Waals surface area contributed by atoms with Crippen LogP contribution in [0.5, 0.6) is 0 Å². The monoisotopic (exact) mass is 246 g/mol. The van der Waals surface area contributed by atoms with Crippen LogP contribution in [0.15, 0.2) is 37.1 Å². The molecule has 0 radical (unpaired) electrons. The fraction of sp³-hybridized carbons (Fsp3) is 0.562. The van der Waals surface area contributed by atoms with Gasteiger partial charge in [-0.05, 0) is 37.9 Å². The van der Waals surface area contributed by atoms with Crippen LogP contribution in [-0.2, 0) is 6.42 Å². The minimum atomic E-state index is 0.564. The summed E-state index contributed by atoms with van der Waals surface area (Å²) in [4.78, 5) is 4.41. The third kappa shape index (κ3) is 6.55. The van der Waals surface area contributed by atoms with Crippen molar-refractivity contribution in [1.29, 1.82) is 0 Å². The van der Waals surface area contributed by atoms with Crippen molar-refractivity contribution in [2.45, 2.75) is 51.5 Å². The molecular formula is C16H26N2. The quantitative estimate of drug-likeness (QED) is 0.502. The lowest BCUT2D eigenvalue weighted by Crippen LogP contribution is -2.31. The van der Waals surface area contributed by atoms with E-state index < -0.39 is 0 Å². The average molecular weight is 246 g/mol. The maximum absolute atomic E-state index is 4.41. The van der Waals surface area contributed by atoms with E-state index in [4.69, 9.17) is 0 Å². The van der Waals surface area contributed by atoms with Gasteiger partial charge in [0, 0.05) is 24.4 Å². The van der Waals surface area contributed by atoms with Gasteiger partial charge in [-0.3, -0.25) is 4.98 Å². The lowest BCUT2D eigenvalue weighted by atomic mass is 10.0. The Labute approximate surface area is 112 Å². The van der Waals surface area contributed by atoms with Crippen molar-refractivity contribution in [3.8, 4) is 0 Å². The summed E-state index contributed by atoms with van der Waals surface area (Å²) in [6.07, 6.45) is 11.2. The minimum Gasteiger partial charge on any atom is -0.314 e. The normalized spacial score (nSPS) is 12.3. The Balaban J connectivity index is 2.28. The van der Waals surface area contributed by atoms with E-state index in [9.17, 15) is 0 Å². The number of aromatic nitrogens is 1. The summed E-state index contributed by atoms with van der Waals surface area (Å²) in [7, 11) is 0. The summed E-state index contributed by atoms with van der Waals surface area (Å²) in [6, 6.07) is 6.71. The van der Waals surface area contributed by atoms with Crippen LogP contribution in [-0.4, -0.2) is 17.6 Å². The molecule has 0 saturated carbocycles. The number of unbranched alkanes of at least 4 members (excludes halogenated alkanes) is 3. The molecule has 2 nitrogen and oxygen atoms in total. The van der Waals surface area contributed by atoms with Crippen LogP contribution in [0, 0.1) is 0 Å². The van der Waals surface area contributed by atoms with Crippen LogP contribution in [0.4, 0.5) is 0 Å². The van der Waals surface area contributed by atoms with Crippen molar-refractivity contribution >= 4 is 0 Å². The lowest BCUT2D eigenvalue weighted by Gasteiger charge is -2.17. The van der Waals surface area contributed by atoms with Crippen LogP contribution in [0.1, 0.15) is 44.7 Å². The van der Waals surface area contributed by atoms with Gasteiger partial charge in [-0.1, -0.05) is 31.9 Å². The van der Waals surface area contributed by atoms with Crippen molar-refractivity contribution in [2.24, 2.45) is 0 Å². The van der Waals surface area contributed by atoms with E-state index in [0.717, 1.165) is 19.4 Å². The number of nitrogens with zero attached hydrogens (tertiary/aromatic N) is 1. The number of likely N-dealkylation sites (N-methyl/N-ethyl adjacent to an activating group) is 1. The van der Waals surface area contributed by atoms with Crippen LogP contribution < -0.4 is 5.32 Å². The van der Waals surface area contributed by atoms with Crippen molar-refractivity contribution in [1.82, 2.24) is 10.3 Å². The lowest BCUT2D eigenvalue weighted by molar-refractivity contribution is 0.461. The van der Waals surface area contributed by atoms with Crippen molar-refractivity contribution in [2.75, 3.05) is 6.54 Å². The molecule has 2 heteroatoms. The Morgan fingerprint density at radius 2 is 2.22 bits per heavy atom. The molecule has 1 aromatic rings. The van der Waals surface area contributed by atoms with E-state index in [-0.39, 0.29) is 0 Å². The number of rotatable bonds is 10. The second-order valence-electron chi connectivity index (χ2n) is 4.71. The number of hydrogen-bond acceptors (Lipinski definition) is 2. The third-order valence-corrected chi connectivity index (χ3v) is 3.14. The highest BCUT2D eigenvalue weighted by molar-refractivity contribution is 5.05. The fourth-order valence-electron chi connectivity index (χ4n) is 2.19. The van der Waals surface area contributed by atoms with Crippen LogP contribution in [0.2, 0.25) is 0 Å². The molecule has 18 heavy (non-hydrogen) atoms. The molecule has 1 atom stereocenters. The van der Waals surface area contributed by atoms with Gasteiger partial charge in [-0.25, -0.2) is 0 Å². The Morgan fingerprint density at radius 1 is 1.33 bits per heavy atom. The summed E-state index contributed by atoms with van der Waals surface area (Å²) < 4.78 is 0. The number of pyridine rings is 1. The third-order valence-electron chi connectivity index (χ3n) is 3.14. The first-order valence-corrected chi connectivity index (χ1v) is 7.11. The summed E-state index contributed by atoms with van der Waals surface area (Å²) in [5.41, 5.74) is 1.19. The Morgan fingerprint density at radius 3 is 2.89 bits per heavy atom. The molecule has 0 saturated heterocycles. The van der Waals surface area contributed by atoms with Crippen LogP contribution in [0.3, 0.4) is 0 Å². The summed E-state index contributed by atoms with van der Waals surface area (Å²) >= 11 is 0. The SMILES string of the molecule is C=CCCCCCC(Cc1ccccn1)NCC. The molecule has 1 unspecified atom stereocenters. The highest BCUT2D eigenvalue weighted by Gasteiger charge is 2.08. The molecule has 0 spiro atoms. The van der Waals surface area contributed by atoms with E-state index in [1.165, 1.54) is 31.4 Å². The Bertz CT molecular complexity index is 308. The van der Waals surface area contributed by atoms with Gasteiger partial charge in [0.15, 0.2) is 0 Å². The molecule has 100 valence electrons. The van der Waals surface area contributed by atoms with Gasteiger partial charge in [-0.15, -0.1) is 6.58 Å². The number of nitrogens with one attached hydrogen (secondary N) is 1. The summed E-state index contributed by atoms with van der Waals surface area (Å²) in [5, 5.41) is 3.56. The molecule has 0 aliphatic rings. The minimum absolute atomic E-state index is 0.564. The molecule has 0 aliphatic heterocycles. The summed E-state index contributed by atoms with van der Waals surface area (Å²) in [5.74, 6) is 0. The Kier molecular flexibility index (Phi) is 8.15. The number of allylic oxidation sites excluding steroid dienone is 1. The second kappa shape index (κ2) is 9.84. The topological polar surface area (TPSA) is 24.9 Å². The second-order valence-corrected chi connectivity index (χ2v) is 4.71. The molecule has 1 aromatic heterocycles. The van der Waals surface area contributed by atoms with Crippen molar-refractivity contribution in [3.05, 3.63) is 42.7 Å². The van der Waals surface area contributed by atoms with E-state index in [2.05, 4.69) is 35.9 Å². The molecule has 0 bridgehead atoms. The van der Waals surface area contributed by atoms with Crippen molar-refractivity contribution < 1.29 is 0 Å². The first-order chi connectivity index (χ1) is 8.86. The predicted octanol–water partition coefficient (Wildman–Crippen LogP) is 3.74. The predicted molar refractivity (Wildman–Crippen MR) is 78.7 cm³/mol. The van der Waals surface area contributed by atoms with Gasteiger partial charge in [0.05, 0.1) is 0 Å². The van der Waals surface area contributed by atoms with Crippen molar-refractivity contribution in [3.63, 3.8) is 0 Å². The highest BCUT2D eigenvalue weighted by atomic mass is 14.9. The molecule has 1 N–H and O–H groups in total. The fourth-order valence-corrected chi connectivity index (χ4v) is 2.19. The van der Waals surface area contributed by atoms with Gasteiger partial charge in [-0.2, -0.15) is 0 Å². The largest absolute Gasteiger partial charge is 0.314 e. The van der Waals surface area contributed by atoms with Crippen LogP contribution >= 0.6 is 0 Å². The molecule has 0 aromatic carbocycles. The highest BCUT2D eigenvalue weighted by Crippen LogP contribution is 2.09. The van der Waals surface area contributed by atoms with Crippen LogP contribution in [0.25, 0.3) is 0 Å². The summed E-state index contributed by atoms with van der Waals surface area (Å²) in [6.45, 7) is 6.96. The van der Waals surface area contributed by atoms with E-state index in [1.54, 1.807) is 0 Å². The van der Waals surface area contributed by atoms with Gasteiger partial charge in [0.2, 0.25) is 0 Å². The smallest absolute Gasteiger partial charge is 0.0419 e. The zero-order valence-corrected chi connectivity index (χ0v) is 11.6. The average Bonchev–Trinajstić information content (AvgIpc) is 2.40. The number of hydrogen-bond donors (Lipinski definition) is 1. The van der Waals surface area contributed by atoms with E-state index in [0.29, 0.717) is 6.04 Å². The first-order valence-electron chi connectivity index (χ1n) is 7.11. The standard InChI is InChI=1S/C16H26N2/c1-3-5-6-7-8-11-15(17-4-2)14-16-12-9-10-13-18-16/h3,9-10,12-13,15,17H,1,4-8,11,14H2,2H3. The maximum Gasteiger partial charge on any atom is 0.0419 e. The van der Waals surface area contributed by atoms with Gasteiger partial charge in [0.25, 0.3) is 0 Å². The maximum atomic E-state index is 4.41. The Hall–Kier alpha value is -1.15. The zero-order chi connectivity index (χ0) is 13.1. The van der Waals surface area contributed by atoms with Gasteiger partial charge < -0.3 is 5.32 Å². The van der Waals surface area contributed by atoms with E-state index >= 15 is 0 Å².